The smallest absolute Gasteiger partial charge is 0.207 e. The van der Waals surface area contributed by atoms with Crippen LogP contribution in [0.5, 0.6) is 0 Å². The van der Waals surface area contributed by atoms with Gasteiger partial charge in [-0.2, -0.15) is 7.05 Å². The van der Waals surface area contributed by atoms with Gasteiger partial charge in [0.2, 0.25) is 6.41 Å². The number of halogens is 1. The predicted octanol–water partition coefficient (Wildman–Crippen LogP) is 2.36. The molecule has 0 aromatic rings. The van der Waals surface area contributed by atoms with E-state index in [2.05, 4.69) is 40.1 Å². The molecule has 0 aromatic heterocycles. The van der Waals surface area contributed by atoms with Gasteiger partial charge in [-0.1, -0.05) is 0 Å². The van der Waals surface area contributed by atoms with E-state index in [0.29, 0.717) is 0 Å². The van der Waals surface area contributed by atoms with Gasteiger partial charge >= 0.3 is 0 Å². The number of alkyl halides is 1. The van der Waals surface area contributed by atoms with Crippen molar-refractivity contribution in [3.8, 4) is 0 Å². The van der Waals surface area contributed by atoms with Crippen LogP contribution in [0.3, 0.4) is 0 Å². The summed E-state index contributed by atoms with van der Waals surface area (Å²) in [5.74, 6) is 0.786. The molecule has 2 saturated carbocycles. The lowest BCUT2D eigenvalue weighted by Gasteiger charge is -2.61. The number of carbonyl (C=O) groups excluding carboxylic acids is 1. The van der Waals surface area contributed by atoms with E-state index in [4.69, 9.17) is 16.3 Å². The first-order chi connectivity index (χ1) is 12.9. The predicted molar refractivity (Wildman–Crippen MR) is 111 cm³/mol. The summed E-state index contributed by atoms with van der Waals surface area (Å²) < 4.78 is 6.71. The van der Waals surface area contributed by atoms with Crippen LogP contribution in [0.1, 0.15) is 73.1 Å². The van der Waals surface area contributed by atoms with Crippen molar-refractivity contribution >= 4 is 18.0 Å². The Hall–Kier alpha value is -0.360. The number of hydrogen-bond donors (Lipinski definition) is 3. The number of aliphatic hydroxyl groups is 1. The Balaban J connectivity index is 2.00. The highest BCUT2D eigenvalue weighted by molar-refractivity contribution is 6.21. The Morgan fingerprint density at radius 1 is 1.11 bits per heavy atom. The monoisotopic (exact) mass is 414 g/mol. The third-order valence-corrected chi connectivity index (χ3v) is 9.13. The van der Waals surface area contributed by atoms with Crippen LogP contribution < -0.4 is 10.6 Å². The Kier molecular flexibility index (Phi) is 5.90. The second kappa shape index (κ2) is 7.40. The number of carbonyl (C=O) groups is 1. The van der Waals surface area contributed by atoms with Gasteiger partial charge in [0.15, 0.2) is 0 Å². The highest BCUT2D eigenvalue weighted by Crippen LogP contribution is 2.56. The molecule has 0 spiro atoms. The average molecular weight is 415 g/mol. The van der Waals surface area contributed by atoms with Gasteiger partial charge in [-0.15, -0.1) is 11.6 Å². The molecule has 0 aromatic carbocycles. The molecule has 6 heteroatoms. The summed E-state index contributed by atoms with van der Waals surface area (Å²) >= 11 is 6.57. The third kappa shape index (κ3) is 3.61. The van der Waals surface area contributed by atoms with Gasteiger partial charge in [-0.05, 0) is 85.0 Å². The van der Waals surface area contributed by atoms with Gasteiger partial charge in [0, 0.05) is 11.5 Å². The molecule has 0 radical (unpaired) electrons. The van der Waals surface area contributed by atoms with E-state index in [-0.39, 0.29) is 45.9 Å². The Labute approximate surface area is 175 Å². The molecule has 1 saturated heterocycles. The number of nitrogens with one attached hydrogen (secondary N) is 1. The summed E-state index contributed by atoms with van der Waals surface area (Å²) in [4.78, 5) is 11.4. The SMILES string of the molecule is [CH2-][NH2+][C@@H]1[C@@H]2[C@@H]([C@@]3(C)CC[C@@H](Cl)C(C)(C)O3)CC[C@](C)(NC=O)[C@H]2CC[C@@]1(C)O. The Morgan fingerprint density at radius 2 is 1.75 bits per heavy atom. The highest BCUT2D eigenvalue weighted by Gasteiger charge is 2.61. The van der Waals surface area contributed by atoms with E-state index in [0.717, 1.165) is 44.9 Å². The van der Waals surface area contributed by atoms with Crippen LogP contribution in [-0.4, -0.2) is 45.3 Å². The molecule has 4 N–H and O–H groups in total. The van der Waals surface area contributed by atoms with Crippen molar-refractivity contribution in [2.24, 2.45) is 17.8 Å². The molecule has 3 rings (SSSR count). The molecule has 5 nitrogen and oxygen atoms in total. The van der Waals surface area contributed by atoms with Crippen LogP contribution >= 0.6 is 11.6 Å². The quantitative estimate of drug-likeness (QED) is 0.375. The summed E-state index contributed by atoms with van der Waals surface area (Å²) in [6.45, 7) is 10.5. The van der Waals surface area contributed by atoms with Gasteiger partial charge < -0.3 is 20.5 Å². The van der Waals surface area contributed by atoms with Crippen molar-refractivity contribution in [1.82, 2.24) is 5.32 Å². The molecule has 28 heavy (non-hydrogen) atoms. The van der Waals surface area contributed by atoms with Crippen LogP contribution in [0.2, 0.25) is 0 Å². The molecule has 3 fully saturated rings. The number of ether oxygens (including phenoxy) is 1. The lowest BCUT2D eigenvalue weighted by molar-refractivity contribution is -0.666. The summed E-state index contributed by atoms with van der Waals surface area (Å²) in [6, 6.07) is -0.0263. The molecule has 1 aliphatic heterocycles. The van der Waals surface area contributed by atoms with Gasteiger partial charge in [0.05, 0.1) is 22.6 Å². The number of quaternary nitrogens is 1. The zero-order valence-corrected chi connectivity index (χ0v) is 18.9. The first kappa shape index (κ1) is 22.3. The fraction of sp³-hybridized carbons (Fsp3) is 0.909. The number of rotatable bonds is 4. The van der Waals surface area contributed by atoms with Gasteiger partial charge in [0.25, 0.3) is 0 Å². The summed E-state index contributed by atoms with van der Waals surface area (Å²) in [5, 5.41) is 16.3. The third-order valence-electron chi connectivity index (χ3n) is 8.39. The van der Waals surface area contributed by atoms with Gasteiger partial charge in [-0.3, -0.25) is 4.79 Å². The van der Waals surface area contributed by atoms with E-state index < -0.39 is 5.60 Å². The highest BCUT2D eigenvalue weighted by atomic mass is 35.5. The maximum absolute atomic E-state index is 11.4. The summed E-state index contributed by atoms with van der Waals surface area (Å²) in [5.41, 5.74) is -1.71. The van der Waals surface area contributed by atoms with Crippen molar-refractivity contribution in [1.29, 1.82) is 0 Å². The van der Waals surface area contributed by atoms with Gasteiger partial charge in [-0.25, -0.2) is 0 Å². The molecule has 0 unspecified atom stereocenters. The van der Waals surface area contributed by atoms with Crippen molar-refractivity contribution in [3.63, 3.8) is 0 Å². The molecule has 2 aliphatic carbocycles. The molecular weight excluding hydrogens is 376 g/mol. The first-order valence-corrected chi connectivity index (χ1v) is 11.2. The largest absolute Gasteiger partial charge is 0.474 e. The molecule has 0 bridgehead atoms. The lowest BCUT2D eigenvalue weighted by atomic mass is 9.50. The topological polar surface area (TPSA) is 75.2 Å². The molecule has 8 atom stereocenters. The van der Waals surface area contributed by atoms with Crippen LogP contribution in [0, 0.1) is 24.8 Å². The minimum atomic E-state index is -0.782. The standard InChI is InChI=1S/C22H39ClN2O3/c1-19(2)16(23)9-12-22(5,28-19)15-7-10-20(3,25-13-26)14-8-11-21(4,27)18(24-6)17(14)15/h13-18,27H,6-12,24H2,1-5H3,(H,25,26)/t14-,15-,16+,17-,18+,20-,21+,22+/m0/s1. The molecular formula is C22H39ClN2O3. The maximum atomic E-state index is 11.4. The maximum Gasteiger partial charge on any atom is 0.207 e. The van der Waals surface area contributed by atoms with E-state index in [1.165, 1.54) is 0 Å². The molecule has 162 valence electrons. The zero-order valence-electron chi connectivity index (χ0n) is 18.1. The zero-order chi connectivity index (χ0) is 21.0. The normalized spacial score (nSPS) is 51.2. The first-order valence-electron chi connectivity index (χ1n) is 10.8. The number of nitrogens with two attached hydrogens (primary N) is 1. The number of amides is 1. The van der Waals surface area contributed by atoms with Crippen LogP contribution in [0.15, 0.2) is 0 Å². The summed E-state index contributed by atoms with van der Waals surface area (Å²) in [6.07, 6.45) is 6.19. The number of hydrogen-bond acceptors (Lipinski definition) is 3. The minimum absolute atomic E-state index is 0.00613. The minimum Gasteiger partial charge on any atom is -0.474 e. The fourth-order valence-corrected chi connectivity index (χ4v) is 6.91. The Bertz CT molecular complexity index is 598. The van der Waals surface area contributed by atoms with Crippen LogP contribution in [0.25, 0.3) is 0 Å². The number of fused-ring (bicyclic) bond motifs is 1. The van der Waals surface area contributed by atoms with Crippen LogP contribution in [0.4, 0.5) is 0 Å². The molecule has 3 aliphatic rings. The van der Waals surface area contributed by atoms with Crippen molar-refractivity contribution < 1.29 is 20.0 Å². The lowest BCUT2D eigenvalue weighted by Crippen LogP contribution is -2.93. The van der Waals surface area contributed by atoms with Gasteiger partial charge in [0.1, 0.15) is 5.60 Å². The van der Waals surface area contributed by atoms with E-state index >= 15 is 0 Å². The molecule has 1 amide bonds. The second-order valence-corrected chi connectivity index (χ2v) is 11.2. The second-order valence-electron chi connectivity index (χ2n) is 10.7. The van der Waals surface area contributed by atoms with E-state index in [1.54, 1.807) is 0 Å². The van der Waals surface area contributed by atoms with Crippen LogP contribution in [-0.2, 0) is 9.53 Å². The molecule has 1 heterocycles. The van der Waals surface area contributed by atoms with Crippen molar-refractivity contribution in [2.45, 2.75) is 107 Å². The van der Waals surface area contributed by atoms with E-state index in [1.807, 2.05) is 12.2 Å². The van der Waals surface area contributed by atoms with Crippen molar-refractivity contribution in [2.75, 3.05) is 0 Å². The Morgan fingerprint density at radius 3 is 2.32 bits per heavy atom. The average Bonchev–Trinajstić information content (AvgIpc) is 2.57. The fourth-order valence-electron chi connectivity index (χ4n) is 6.75. The van der Waals surface area contributed by atoms with Crippen molar-refractivity contribution in [3.05, 3.63) is 7.05 Å². The summed E-state index contributed by atoms with van der Waals surface area (Å²) in [7, 11) is 4.10. The van der Waals surface area contributed by atoms with E-state index in [9.17, 15) is 9.90 Å².